The molecule has 1 heterocycles. The molecule has 8 heteroatoms. The molecule has 1 unspecified atom stereocenters. The first kappa shape index (κ1) is 22.9. The number of aryl methyl sites for hydroxylation is 2. The van der Waals surface area contributed by atoms with Crippen molar-refractivity contribution in [2.24, 2.45) is 0 Å². The fraction of sp³-hybridized carbons (Fsp3) is 0.458. The predicted octanol–water partition coefficient (Wildman–Crippen LogP) is 2.55. The molecular weight excluding hydrogens is 426 g/mol. The normalized spacial score (nSPS) is 18.3. The van der Waals surface area contributed by atoms with Crippen molar-refractivity contribution in [2.45, 2.75) is 43.7 Å². The highest BCUT2D eigenvalue weighted by Gasteiger charge is 2.29. The van der Waals surface area contributed by atoms with E-state index in [0.29, 0.717) is 25.3 Å². The van der Waals surface area contributed by atoms with Crippen molar-refractivity contribution in [1.82, 2.24) is 14.9 Å². The minimum atomic E-state index is -3.63. The molecule has 32 heavy (non-hydrogen) atoms. The van der Waals surface area contributed by atoms with Gasteiger partial charge in [0, 0.05) is 31.2 Å². The van der Waals surface area contributed by atoms with Crippen LogP contribution in [0, 0.1) is 13.8 Å². The predicted molar refractivity (Wildman–Crippen MR) is 123 cm³/mol. The number of benzene rings is 2. The van der Waals surface area contributed by atoms with Crippen LogP contribution in [0.5, 0.6) is 0 Å². The second-order valence-corrected chi connectivity index (χ2v) is 10.4. The molecule has 1 saturated carbocycles. The highest BCUT2D eigenvalue weighted by molar-refractivity contribution is 7.89. The molecule has 1 atom stereocenters. The van der Waals surface area contributed by atoms with Gasteiger partial charge in [0.2, 0.25) is 10.0 Å². The van der Waals surface area contributed by atoms with Crippen molar-refractivity contribution in [1.29, 1.82) is 0 Å². The van der Waals surface area contributed by atoms with E-state index in [4.69, 9.17) is 4.74 Å². The number of amides is 1. The number of rotatable bonds is 8. The highest BCUT2D eigenvalue weighted by atomic mass is 32.2. The quantitative estimate of drug-likeness (QED) is 0.636. The summed E-state index contributed by atoms with van der Waals surface area (Å²) < 4.78 is 33.4. The average molecular weight is 458 g/mol. The van der Waals surface area contributed by atoms with E-state index in [9.17, 15) is 13.2 Å². The first-order chi connectivity index (χ1) is 15.3. The second kappa shape index (κ2) is 9.70. The maximum Gasteiger partial charge on any atom is 0.252 e. The zero-order valence-corrected chi connectivity index (χ0v) is 19.5. The second-order valence-electron chi connectivity index (χ2n) is 8.72. The zero-order chi connectivity index (χ0) is 22.7. The zero-order valence-electron chi connectivity index (χ0n) is 18.6. The van der Waals surface area contributed by atoms with Gasteiger partial charge in [0.25, 0.3) is 5.91 Å². The van der Waals surface area contributed by atoms with Crippen molar-refractivity contribution in [2.75, 3.05) is 32.8 Å². The third kappa shape index (κ3) is 5.75. The molecule has 0 bridgehead atoms. The number of nitrogens with zero attached hydrogens (tertiary/aromatic N) is 1. The molecule has 1 saturated heterocycles. The van der Waals surface area contributed by atoms with E-state index in [1.807, 2.05) is 38.1 Å². The van der Waals surface area contributed by atoms with E-state index >= 15 is 0 Å². The summed E-state index contributed by atoms with van der Waals surface area (Å²) in [5.41, 5.74) is 3.29. The Morgan fingerprint density at radius 3 is 2.44 bits per heavy atom. The van der Waals surface area contributed by atoms with Crippen LogP contribution >= 0.6 is 0 Å². The Balaban J connectivity index is 1.56. The van der Waals surface area contributed by atoms with Crippen LogP contribution in [0.2, 0.25) is 0 Å². The molecule has 0 aromatic heterocycles. The van der Waals surface area contributed by atoms with Gasteiger partial charge in [-0.1, -0.05) is 35.9 Å². The van der Waals surface area contributed by atoms with Crippen LogP contribution in [-0.4, -0.2) is 58.1 Å². The van der Waals surface area contributed by atoms with Gasteiger partial charge in [-0.25, -0.2) is 13.1 Å². The molecule has 1 amide bonds. The van der Waals surface area contributed by atoms with E-state index in [2.05, 4.69) is 14.9 Å². The topological polar surface area (TPSA) is 87.7 Å². The molecule has 2 aromatic carbocycles. The summed E-state index contributed by atoms with van der Waals surface area (Å²) in [7, 11) is -3.63. The Morgan fingerprint density at radius 2 is 1.78 bits per heavy atom. The van der Waals surface area contributed by atoms with Crippen LogP contribution in [0.4, 0.5) is 0 Å². The molecule has 4 rings (SSSR count). The van der Waals surface area contributed by atoms with Crippen LogP contribution in [0.3, 0.4) is 0 Å². The Kier molecular flexibility index (Phi) is 6.95. The van der Waals surface area contributed by atoms with E-state index < -0.39 is 10.0 Å². The summed E-state index contributed by atoms with van der Waals surface area (Å²) >= 11 is 0. The average Bonchev–Trinajstić information content (AvgIpc) is 3.58. The van der Waals surface area contributed by atoms with Gasteiger partial charge in [-0.05, 0) is 49.9 Å². The summed E-state index contributed by atoms with van der Waals surface area (Å²) in [6.45, 7) is 7.52. The van der Waals surface area contributed by atoms with Gasteiger partial charge in [0.15, 0.2) is 0 Å². The monoisotopic (exact) mass is 457 g/mol. The molecule has 2 aliphatic rings. The third-order valence-corrected chi connectivity index (χ3v) is 7.51. The number of morpholine rings is 1. The van der Waals surface area contributed by atoms with Crippen molar-refractivity contribution < 1.29 is 17.9 Å². The number of ether oxygens (including phenoxy) is 1. The summed E-state index contributed by atoms with van der Waals surface area (Å²) in [6, 6.07) is 12.7. The lowest BCUT2D eigenvalue weighted by atomic mass is 10.0. The largest absolute Gasteiger partial charge is 0.379 e. The van der Waals surface area contributed by atoms with Crippen molar-refractivity contribution in [3.05, 3.63) is 64.7 Å². The molecule has 2 fully saturated rings. The number of sulfonamides is 1. The third-order valence-electron chi connectivity index (χ3n) is 5.99. The molecule has 0 spiro atoms. The van der Waals surface area contributed by atoms with Gasteiger partial charge in [0.05, 0.1) is 24.2 Å². The van der Waals surface area contributed by atoms with Crippen LogP contribution in [0.25, 0.3) is 0 Å². The minimum absolute atomic E-state index is 0.0121. The highest BCUT2D eigenvalue weighted by Crippen LogP contribution is 2.24. The lowest BCUT2D eigenvalue weighted by Crippen LogP contribution is -2.43. The van der Waals surface area contributed by atoms with Gasteiger partial charge in [-0.3, -0.25) is 9.69 Å². The Labute approximate surface area is 190 Å². The lowest BCUT2D eigenvalue weighted by molar-refractivity contribution is 0.0332. The van der Waals surface area contributed by atoms with Gasteiger partial charge in [-0.15, -0.1) is 0 Å². The van der Waals surface area contributed by atoms with E-state index in [1.54, 1.807) is 12.1 Å². The molecule has 2 N–H and O–H groups in total. The first-order valence-corrected chi connectivity index (χ1v) is 12.6. The fourth-order valence-corrected chi connectivity index (χ4v) is 5.14. The van der Waals surface area contributed by atoms with E-state index in [1.165, 1.54) is 6.07 Å². The Morgan fingerprint density at radius 1 is 1.09 bits per heavy atom. The summed E-state index contributed by atoms with van der Waals surface area (Å²) in [5, 5.41) is 3.15. The number of nitrogens with one attached hydrogen (secondary N) is 2. The van der Waals surface area contributed by atoms with Crippen LogP contribution in [0.1, 0.15) is 45.9 Å². The first-order valence-electron chi connectivity index (χ1n) is 11.1. The van der Waals surface area contributed by atoms with Gasteiger partial charge in [-0.2, -0.15) is 0 Å². The van der Waals surface area contributed by atoms with Gasteiger partial charge in [0.1, 0.15) is 0 Å². The van der Waals surface area contributed by atoms with Gasteiger partial charge >= 0.3 is 0 Å². The number of carbonyl (C=O) groups is 1. The van der Waals surface area contributed by atoms with Gasteiger partial charge < -0.3 is 10.1 Å². The van der Waals surface area contributed by atoms with Crippen LogP contribution < -0.4 is 10.0 Å². The molecule has 1 aliphatic heterocycles. The maximum absolute atomic E-state index is 13.3. The fourth-order valence-electron chi connectivity index (χ4n) is 3.81. The molecule has 2 aromatic rings. The smallest absolute Gasteiger partial charge is 0.252 e. The minimum Gasteiger partial charge on any atom is -0.379 e. The SMILES string of the molecule is Cc1ccc(C(CN2CCOCC2)NC(=O)c2cc(S(=O)(=O)NC3CC3)ccc2C)cc1. The number of carbonyl (C=O) groups excluding carboxylic acids is 1. The van der Waals surface area contributed by atoms with Crippen LogP contribution in [0.15, 0.2) is 47.4 Å². The molecular formula is C24H31N3O4S. The molecule has 1 aliphatic carbocycles. The molecule has 7 nitrogen and oxygen atoms in total. The summed E-state index contributed by atoms with van der Waals surface area (Å²) in [5.74, 6) is -0.273. The summed E-state index contributed by atoms with van der Waals surface area (Å²) in [4.78, 5) is 15.7. The van der Waals surface area contributed by atoms with Crippen molar-refractivity contribution in [3.8, 4) is 0 Å². The Bertz CT molecular complexity index is 1060. The molecule has 0 radical (unpaired) electrons. The van der Waals surface area contributed by atoms with Crippen molar-refractivity contribution in [3.63, 3.8) is 0 Å². The van der Waals surface area contributed by atoms with Crippen LogP contribution in [-0.2, 0) is 14.8 Å². The summed E-state index contributed by atoms with van der Waals surface area (Å²) in [6.07, 6.45) is 1.72. The number of hydrogen-bond acceptors (Lipinski definition) is 5. The standard InChI is InChI=1S/C24H31N3O4S/c1-17-3-6-19(7-4-17)23(16-27-11-13-31-14-12-27)25-24(28)22-15-21(10-5-18(22)2)32(29,30)26-20-8-9-20/h3-7,10,15,20,23,26H,8-9,11-14,16H2,1-2H3,(H,25,28). The lowest BCUT2D eigenvalue weighted by Gasteiger charge is -2.31. The number of hydrogen-bond donors (Lipinski definition) is 2. The maximum atomic E-state index is 13.3. The van der Waals surface area contributed by atoms with E-state index in [0.717, 1.165) is 42.6 Å². The van der Waals surface area contributed by atoms with E-state index in [-0.39, 0.29) is 22.9 Å². The molecule has 172 valence electrons. The van der Waals surface area contributed by atoms with Crippen molar-refractivity contribution >= 4 is 15.9 Å². The Hall–Kier alpha value is -2.26.